The molecule has 1 saturated heterocycles. The zero-order valence-corrected chi connectivity index (χ0v) is 16.2. The third-order valence-corrected chi connectivity index (χ3v) is 6.43. The van der Waals surface area contributed by atoms with Crippen LogP contribution in [0.2, 0.25) is 0 Å². The van der Waals surface area contributed by atoms with Gasteiger partial charge < -0.3 is 14.7 Å². The number of rotatable bonds is 1. The van der Waals surface area contributed by atoms with E-state index in [1.54, 1.807) is 4.90 Å². The summed E-state index contributed by atoms with van der Waals surface area (Å²) in [4.78, 5) is 31.9. The molecule has 3 heterocycles. The monoisotopic (exact) mass is 375 g/mol. The molecule has 0 aromatic heterocycles. The first-order chi connectivity index (χ1) is 13.6. The van der Waals surface area contributed by atoms with Crippen LogP contribution < -0.4 is 9.80 Å². The summed E-state index contributed by atoms with van der Waals surface area (Å²) in [5, 5.41) is 0. The number of anilines is 2. The minimum absolute atomic E-state index is 0.0407. The van der Waals surface area contributed by atoms with E-state index in [9.17, 15) is 9.59 Å². The van der Waals surface area contributed by atoms with Crippen LogP contribution in [0.4, 0.5) is 11.4 Å². The number of nitrogens with zero attached hydrogens (tertiary/aromatic N) is 3. The fourth-order valence-corrected chi connectivity index (χ4v) is 4.84. The minimum atomic E-state index is -0.0496. The summed E-state index contributed by atoms with van der Waals surface area (Å²) in [5.74, 6) is 0.183. The van der Waals surface area contributed by atoms with Crippen LogP contribution in [0.3, 0.4) is 0 Å². The molecular weight excluding hydrogens is 350 g/mol. The Morgan fingerprint density at radius 3 is 2.68 bits per heavy atom. The molecular formula is C23H25N3O2. The number of hydrogen-bond donors (Lipinski definition) is 0. The maximum absolute atomic E-state index is 13.2. The van der Waals surface area contributed by atoms with Crippen molar-refractivity contribution >= 4 is 23.2 Å². The minimum Gasteiger partial charge on any atom is -0.358 e. The summed E-state index contributed by atoms with van der Waals surface area (Å²) in [5.41, 5.74) is 5.15. The molecule has 0 N–H and O–H groups in total. The molecule has 5 heteroatoms. The van der Waals surface area contributed by atoms with Gasteiger partial charge in [-0.05, 0) is 55.0 Å². The first kappa shape index (κ1) is 17.3. The molecule has 2 aromatic carbocycles. The van der Waals surface area contributed by atoms with Gasteiger partial charge in [0, 0.05) is 32.2 Å². The van der Waals surface area contributed by atoms with Crippen LogP contribution in [0, 0.1) is 0 Å². The van der Waals surface area contributed by atoms with E-state index >= 15 is 0 Å². The summed E-state index contributed by atoms with van der Waals surface area (Å²) in [6.07, 6.45) is 4.01. The van der Waals surface area contributed by atoms with Crippen LogP contribution in [0.1, 0.15) is 40.7 Å². The highest BCUT2D eigenvalue weighted by atomic mass is 16.2. The highest BCUT2D eigenvalue weighted by Crippen LogP contribution is 2.39. The molecule has 0 spiro atoms. The van der Waals surface area contributed by atoms with Crippen molar-refractivity contribution in [3.05, 3.63) is 59.2 Å². The molecule has 0 radical (unpaired) electrons. The van der Waals surface area contributed by atoms with Gasteiger partial charge in [-0.25, -0.2) is 0 Å². The average molecular weight is 375 g/mol. The zero-order valence-electron chi connectivity index (χ0n) is 16.2. The number of piperidine rings is 1. The highest BCUT2D eigenvalue weighted by molar-refractivity contribution is 6.07. The van der Waals surface area contributed by atoms with Gasteiger partial charge in [0.15, 0.2) is 0 Å². The van der Waals surface area contributed by atoms with Gasteiger partial charge >= 0.3 is 0 Å². The van der Waals surface area contributed by atoms with Crippen molar-refractivity contribution in [2.24, 2.45) is 0 Å². The van der Waals surface area contributed by atoms with E-state index in [4.69, 9.17) is 0 Å². The topological polar surface area (TPSA) is 43.9 Å². The van der Waals surface area contributed by atoms with Crippen LogP contribution >= 0.6 is 0 Å². The maximum Gasteiger partial charge on any atom is 0.254 e. The predicted octanol–water partition coefficient (Wildman–Crippen LogP) is 3.22. The number of likely N-dealkylation sites (N-methyl/N-ethyl adjacent to an activating group) is 1. The van der Waals surface area contributed by atoms with Crippen LogP contribution in [0.25, 0.3) is 0 Å². The largest absolute Gasteiger partial charge is 0.358 e. The van der Waals surface area contributed by atoms with Crippen molar-refractivity contribution in [3.8, 4) is 0 Å². The molecule has 1 unspecified atom stereocenters. The molecule has 2 amide bonds. The lowest BCUT2D eigenvalue weighted by molar-refractivity contribution is -0.120. The van der Waals surface area contributed by atoms with Gasteiger partial charge in [0.2, 0.25) is 5.91 Å². The van der Waals surface area contributed by atoms with E-state index in [2.05, 4.69) is 23.1 Å². The SMILES string of the molecule is CN1C(=O)C2CCCCN2c2ccc(C(=O)N3CCc4ccccc4C3)cc21. The summed E-state index contributed by atoms with van der Waals surface area (Å²) >= 11 is 0. The summed E-state index contributed by atoms with van der Waals surface area (Å²) in [7, 11) is 1.83. The Hall–Kier alpha value is -2.82. The molecule has 3 aliphatic rings. The Balaban J connectivity index is 1.45. The zero-order chi connectivity index (χ0) is 19.3. The molecule has 5 rings (SSSR count). The van der Waals surface area contributed by atoms with Crippen molar-refractivity contribution in [1.29, 1.82) is 0 Å². The second-order valence-corrected chi connectivity index (χ2v) is 8.05. The molecule has 144 valence electrons. The molecule has 1 fully saturated rings. The number of hydrogen-bond acceptors (Lipinski definition) is 3. The van der Waals surface area contributed by atoms with E-state index in [1.807, 2.05) is 36.2 Å². The second kappa shape index (κ2) is 6.66. The molecule has 3 aliphatic heterocycles. The number of carbonyl (C=O) groups is 2. The van der Waals surface area contributed by atoms with Gasteiger partial charge in [-0.1, -0.05) is 24.3 Å². The van der Waals surface area contributed by atoms with E-state index in [-0.39, 0.29) is 17.9 Å². The number of fused-ring (bicyclic) bond motifs is 4. The number of amides is 2. The van der Waals surface area contributed by atoms with Crippen molar-refractivity contribution < 1.29 is 9.59 Å². The smallest absolute Gasteiger partial charge is 0.254 e. The Bertz CT molecular complexity index is 955. The van der Waals surface area contributed by atoms with Gasteiger partial charge in [0.25, 0.3) is 5.91 Å². The first-order valence-corrected chi connectivity index (χ1v) is 10.2. The molecule has 2 aromatic rings. The third-order valence-electron chi connectivity index (χ3n) is 6.43. The average Bonchev–Trinajstić information content (AvgIpc) is 2.76. The van der Waals surface area contributed by atoms with Crippen molar-refractivity contribution in [1.82, 2.24) is 4.90 Å². The number of carbonyl (C=O) groups excluding carboxylic acids is 2. The van der Waals surface area contributed by atoms with Gasteiger partial charge in [-0.3, -0.25) is 9.59 Å². The molecule has 5 nitrogen and oxygen atoms in total. The van der Waals surface area contributed by atoms with Gasteiger partial charge in [-0.2, -0.15) is 0 Å². The van der Waals surface area contributed by atoms with Crippen LogP contribution in [-0.2, 0) is 17.8 Å². The van der Waals surface area contributed by atoms with Crippen molar-refractivity contribution in [2.75, 3.05) is 29.9 Å². The van der Waals surface area contributed by atoms with Crippen LogP contribution in [0.15, 0.2) is 42.5 Å². The quantitative estimate of drug-likeness (QED) is 0.769. The maximum atomic E-state index is 13.2. The predicted molar refractivity (Wildman–Crippen MR) is 110 cm³/mol. The third kappa shape index (κ3) is 2.68. The number of benzene rings is 2. The molecule has 0 bridgehead atoms. The van der Waals surface area contributed by atoms with E-state index < -0.39 is 0 Å². The van der Waals surface area contributed by atoms with Gasteiger partial charge in [0.05, 0.1) is 11.4 Å². The second-order valence-electron chi connectivity index (χ2n) is 8.05. The van der Waals surface area contributed by atoms with Gasteiger partial charge in [0.1, 0.15) is 6.04 Å². The molecule has 1 atom stereocenters. The standard InChI is InChI=1S/C23H25N3O2/c1-24-21-14-17(9-10-19(21)26-12-5-4-8-20(26)23(24)28)22(27)25-13-11-16-6-2-3-7-18(16)15-25/h2-3,6-7,9-10,14,20H,4-5,8,11-13,15H2,1H3. The summed E-state index contributed by atoms with van der Waals surface area (Å²) < 4.78 is 0. The molecule has 0 saturated carbocycles. The first-order valence-electron chi connectivity index (χ1n) is 10.2. The normalized spacial score (nSPS) is 21.1. The Morgan fingerprint density at radius 2 is 1.82 bits per heavy atom. The lowest BCUT2D eigenvalue weighted by Gasteiger charge is -2.44. The highest BCUT2D eigenvalue weighted by Gasteiger charge is 2.38. The summed E-state index contributed by atoms with van der Waals surface area (Å²) in [6.45, 7) is 2.29. The van der Waals surface area contributed by atoms with E-state index in [1.165, 1.54) is 11.1 Å². The lowest BCUT2D eigenvalue weighted by atomic mass is 9.95. The lowest BCUT2D eigenvalue weighted by Crippen LogP contribution is -2.54. The van der Waals surface area contributed by atoms with Gasteiger partial charge in [-0.15, -0.1) is 0 Å². The van der Waals surface area contributed by atoms with Crippen molar-refractivity contribution in [2.45, 2.75) is 38.3 Å². The molecule has 0 aliphatic carbocycles. The fraction of sp³-hybridized carbons (Fsp3) is 0.391. The van der Waals surface area contributed by atoms with Crippen LogP contribution in [-0.4, -0.2) is 42.9 Å². The summed E-state index contributed by atoms with van der Waals surface area (Å²) in [6, 6.07) is 14.1. The molecule has 28 heavy (non-hydrogen) atoms. The Kier molecular flexibility index (Phi) is 4.11. The van der Waals surface area contributed by atoms with E-state index in [0.717, 1.165) is 50.1 Å². The van der Waals surface area contributed by atoms with Crippen molar-refractivity contribution in [3.63, 3.8) is 0 Å². The van der Waals surface area contributed by atoms with Crippen LogP contribution in [0.5, 0.6) is 0 Å². The Labute approximate surface area is 165 Å². The fourth-order valence-electron chi connectivity index (χ4n) is 4.84. The van der Waals surface area contributed by atoms with E-state index in [0.29, 0.717) is 12.1 Å². The Morgan fingerprint density at radius 1 is 1.00 bits per heavy atom.